The lowest BCUT2D eigenvalue weighted by atomic mass is 10.1. The maximum Gasteiger partial charge on any atom is 0.306 e. The quantitative estimate of drug-likeness (QED) is 0.564. The highest BCUT2D eigenvalue weighted by Gasteiger charge is 2.39. The molecule has 33 heavy (non-hydrogen) atoms. The van der Waals surface area contributed by atoms with Crippen LogP contribution in [-0.2, 0) is 36.7 Å². The fourth-order valence-corrected chi connectivity index (χ4v) is 3.63. The fourth-order valence-electron chi connectivity index (χ4n) is 3.63. The van der Waals surface area contributed by atoms with Gasteiger partial charge in [0.25, 0.3) is 11.8 Å². The number of esters is 1. The summed E-state index contributed by atoms with van der Waals surface area (Å²) in [5, 5.41) is 13.2. The number of hydrogen-bond donors (Lipinski definition) is 2. The second-order valence-electron chi connectivity index (χ2n) is 7.74. The summed E-state index contributed by atoms with van der Waals surface area (Å²) in [6.07, 6.45) is -1.36. The van der Waals surface area contributed by atoms with Crippen molar-refractivity contribution in [3.63, 3.8) is 0 Å². The van der Waals surface area contributed by atoms with E-state index >= 15 is 0 Å². The van der Waals surface area contributed by atoms with E-state index in [0.717, 1.165) is 17.5 Å². The number of amides is 2. The van der Waals surface area contributed by atoms with Gasteiger partial charge in [-0.3, -0.25) is 14.4 Å². The average molecular weight is 455 g/mol. The van der Waals surface area contributed by atoms with Crippen LogP contribution in [0.4, 0.5) is 11.4 Å². The van der Waals surface area contributed by atoms with Crippen LogP contribution in [-0.4, -0.2) is 54.9 Å². The summed E-state index contributed by atoms with van der Waals surface area (Å²) >= 11 is 0. The Morgan fingerprint density at radius 2 is 1.94 bits per heavy atom. The number of benzene rings is 2. The van der Waals surface area contributed by atoms with Gasteiger partial charge in [-0.25, -0.2) is 0 Å². The number of carbonyl (C=O) groups excluding carboxylic acids is 3. The molecule has 1 aliphatic heterocycles. The molecule has 2 atom stereocenters. The number of nitrogens with one attached hydrogen (secondary N) is 1. The van der Waals surface area contributed by atoms with Gasteiger partial charge >= 0.3 is 5.97 Å². The van der Waals surface area contributed by atoms with Crippen LogP contribution in [0.1, 0.15) is 31.4 Å². The SMILES string of the molecule is CCOC(=O)CCc1cccc(N2CCO[C@H]([C@@H](O)C(=O)Nc3ccc(CC)cc3)C2=O)c1. The third-order valence-electron chi connectivity index (χ3n) is 5.45. The van der Waals surface area contributed by atoms with Gasteiger partial charge in [0, 0.05) is 24.3 Å². The molecule has 0 radical (unpaired) electrons. The minimum Gasteiger partial charge on any atom is -0.466 e. The molecule has 1 aliphatic rings. The monoisotopic (exact) mass is 454 g/mol. The smallest absolute Gasteiger partial charge is 0.306 e. The molecule has 176 valence electrons. The number of rotatable bonds is 9. The Hall–Kier alpha value is -3.23. The standard InChI is InChI=1S/C25H30N2O6/c1-3-17-8-11-19(12-9-17)26-24(30)22(29)23-25(31)27(14-15-33-23)20-7-5-6-18(16-20)10-13-21(28)32-4-2/h5-9,11-12,16,22-23,29H,3-4,10,13-15H2,1-2H3,(H,26,30)/t22-,23-/m1/s1. The normalized spacial score (nSPS) is 16.9. The zero-order valence-corrected chi connectivity index (χ0v) is 19.0. The van der Waals surface area contributed by atoms with Crippen molar-refractivity contribution in [3.05, 3.63) is 59.7 Å². The number of hydrogen-bond acceptors (Lipinski definition) is 6. The number of aliphatic hydroxyl groups excluding tert-OH is 1. The van der Waals surface area contributed by atoms with Crippen LogP contribution < -0.4 is 10.2 Å². The molecule has 1 fully saturated rings. The predicted octanol–water partition coefficient (Wildman–Crippen LogP) is 2.48. The molecule has 0 spiro atoms. The second kappa shape index (κ2) is 11.6. The molecule has 2 aromatic carbocycles. The van der Waals surface area contributed by atoms with Crippen LogP contribution in [0.3, 0.4) is 0 Å². The molecule has 2 amide bonds. The zero-order chi connectivity index (χ0) is 23.8. The summed E-state index contributed by atoms with van der Waals surface area (Å²) in [4.78, 5) is 38.7. The first-order valence-corrected chi connectivity index (χ1v) is 11.2. The third-order valence-corrected chi connectivity index (χ3v) is 5.45. The molecule has 0 saturated carbocycles. The van der Waals surface area contributed by atoms with E-state index in [1.165, 1.54) is 4.90 Å². The first-order chi connectivity index (χ1) is 15.9. The number of aliphatic hydroxyl groups is 1. The Morgan fingerprint density at radius 1 is 1.18 bits per heavy atom. The predicted molar refractivity (Wildman–Crippen MR) is 124 cm³/mol. The van der Waals surface area contributed by atoms with E-state index in [0.29, 0.717) is 30.9 Å². The first kappa shape index (κ1) is 24.4. The molecular weight excluding hydrogens is 424 g/mol. The zero-order valence-electron chi connectivity index (χ0n) is 19.0. The van der Waals surface area contributed by atoms with Gasteiger partial charge in [0.15, 0.2) is 12.2 Å². The highest BCUT2D eigenvalue weighted by Crippen LogP contribution is 2.23. The van der Waals surface area contributed by atoms with Gasteiger partial charge in [-0.05, 0) is 55.2 Å². The minimum absolute atomic E-state index is 0.180. The van der Waals surface area contributed by atoms with E-state index in [4.69, 9.17) is 9.47 Å². The van der Waals surface area contributed by atoms with Crippen molar-refractivity contribution in [2.75, 3.05) is 30.0 Å². The number of nitrogens with zero attached hydrogens (tertiary/aromatic N) is 1. The van der Waals surface area contributed by atoms with Crippen molar-refractivity contribution in [1.29, 1.82) is 0 Å². The topological polar surface area (TPSA) is 105 Å². The molecule has 2 N–H and O–H groups in total. The summed E-state index contributed by atoms with van der Waals surface area (Å²) in [6.45, 7) is 4.60. The second-order valence-corrected chi connectivity index (χ2v) is 7.74. The lowest BCUT2D eigenvalue weighted by molar-refractivity contribution is -0.150. The Bertz CT molecular complexity index is 975. The first-order valence-electron chi connectivity index (χ1n) is 11.2. The lowest BCUT2D eigenvalue weighted by Gasteiger charge is -2.34. The largest absolute Gasteiger partial charge is 0.466 e. The van der Waals surface area contributed by atoms with Gasteiger partial charge in [-0.1, -0.05) is 31.2 Å². The van der Waals surface area contributed by atoms with Crippen molar-refractivity contribution in [3.8, 4) is 0 Å². The van der Waals surface area contributed by atoms with Crippen LogP contribution in [0.5, 0.6) is 0 Å². The highest BCUT2D eigenvalue weighted by molar-refractivity contribution is 6.03. The van der Waals surface area contributed by atoms with E-state index in [-0.39, 0.29) is 19.0 Å². The van der Waals surface area contributed by atoms with Crippen molar-refractivity contribution in [2.45, 2.75) is 45.3 Å². The van der Waals surface area contributed by atoms with Crippen LogP contribution in [0, 0.1) is 0 Å². The van der Waals surface area contributed by atoms with E-state index in [1.807, 2.05) is 31.2 Å². The van der Waals surface area contributed by atoms with E-state index in [2.05, 4.69) is 5.32 Å². The molecule has 3 rings (SSSR count). The van der Waals surface area contributed by atoms with E-state index in [1.54, 1.807) is 31.2 Å². The van der Waals surface area contributed by atoms with Crippen LogP contribution >= 0.6 is 0 Å². The minimum atomic E-state index is -1.65. The fraction of sp³-hybridized carbons (Fsp3) is 0.400. The van der Waals surface area contributed by atoms with Gasteiger partial charge in [0.05, 0.1) is 13.2 Å². The number of anilines is 2. The van der Waals surface area contributed by atoms with Crippen molar-refractivity contribution < 1.29 is 29.0 Å². The summed E-state index contributed by atoms with van der Waals surface area (Å²) < 4.78 is 10.4. The highest BCUT2D eigenvalue weighted by atomic mass is 16.5. The van der Waals surface area contributed by atoms with Gasteiger partial charge in [0.2, 0.25) is 0 Å². The molecule has 1 heterocycles. The van der Waals surface area contributed by atoms with E-state index in [9.17, 15) is 19.5 Å². The Balaban J connectivity index is 1.65. The summed E-state index contributed by atoms with van der Waals surface area (Å²) in [5.74, 6) is -1.47. The van der Waals surface area contributed by atoms with Gasteiger partial charge in [-0.15, -0.1) is 0 Å². The lowest BCUT2D eigenvalue weighted by Crippen LogP contribution is -2.55. The Labute approximate surface area is 193 Å². The summed E-state index contributed by atoms with van der Waals surface area (Å²) in [6, 6.07) is 14.6. The van der Waals surface area contributed by atoms with Crippen LogP contribution in [0.25, 0.3) is 0 Å². The summed E-state index contributed by atoms with van der Waals surface area (Å²) in [5.41, 5.74) is 3.16. The van der Waals surface area contributed by atoms with Crippen LogP contribution in [0.15, 0.2) is 48.5 Å². The van der Waals surface area contributed by atoms with Gasteiger partial charge in [0.1, 0.15) is 0 Å². The van der Waals surface area contributed by atoms with Crippen molar-refractivity contribution in [1.82, 2.24) is 0 Å². The molecule has 0 aliphatic carbocycles. The van der Waals surface area contributed by atoms with Gasteiger partial charge < -0.3 is 24.8 Å². The molecular formula is C25H30N2O6. The molecule has 0 aromatic heterocycles. The Morgan fingerprint density at radius 3 is 2.64 bits per heavy atom. The number of morpholine rings is 1. The van der Waals surface area contributed by atoms with Crippen molar-refractivity contribution >= 4 is 29.2 Å². The number of carbonyl (C=O) groups is 3. The maximum atomic E-state index is 13.1. The Kier molecular flexibility index (Phi) is 8.57. The molecule has 0 unspecified atom stereocenters. The van der Waals surface area contributed by atoms with E-state index < -0.39 is 24.0 Å². The van der Waals surface area contributed by atoms with Crippen LogP contribution in [0.2, 0.25) is 0 Å². The molecule has 8 nitrogen and oxygen atoms in total. The molecule has 8 heteroatoms. The average Bonchev–Trinajstić information content (AvgIpc) is 2.83. The molecule has 0 bridgehead atoms. The van der Waals surface area contributed by atoms with Gasteiger partial charge in [-0.2, -0.15) is 0 Å². The number of ether oxygens (including phenoxy) is 2. The van der Waals surface area contributed by atoms with Crippen molar-refractivity contribution in [2.24, 2.45) is 0 Å². The maximum absolute atomic E-state index is 13.1. The third kappa shape index (κ3) is 6.40. The molecule has 2 aromatic rings. The number of aryl methyl sites for hydroxylation is 2. The molecule has 1 saturated heterocycles. The summed E-state index contributed by atoms with van der Waals surface area (Å²) in [7, 11) is 0.